The molecule has 3 heteroatoms. The number of anilines is 1. The van der Waals surface area contributed by atoms with Crippen molar-refractivity contribution >= 4 is 5.69 Å². The van der Waals surface area contributed by atoms with E-state index in [4.69, 9.17) is 5.73 Å². The summed E-state index contributed by atoms with van der Waals surface area (Å²) in [6.45, 7) is 7.80. The smallest absolute Gasteiger partial charge is 0.0470 e. The number of nitrogens with zero attached hydrogens (tertiary/aromatic N) is 2. The molecule has 1 aliphatic rings. The molecule has 1 aromatic rings. The Labute approximate surface area is 130 Å². The van der Waals surface area contributed by atoms with Gasteiger partial charge in [0.15, 0.2) is 0 Å². The Bertz CT molecular complexity index is 436. The minimum Gasteiger partial charge on any atom is -0.378 e. The van der Waals surface area contributed by atoms with Crippen LogP contribution in [0, 0.1) is 5.41 Å². The zero-order valence-electron chi connectivity index (χ0n) is 14.1. The summed E-state index contributed by atoms with van der Waals surface area (Å²) >= 11 is 0. The van der Waals surface area contributed by atoms with Crippen LogP contribution in [0.4, 0.5) is 5.69 Å². The van der Waals surface area contributed by atoms with Crippen LogP contribution in [-0.4, -0.2) is 38.6 Å². The van der Waals surface area contributed by atoms with Gasteiger partial charge in [-0.2, -0.15) is 0 Å². The Morgan fingerprint density at radius 2 is 1.81 bits per heavy atom. The van der Waals surface area contributed by atoms with E-state index in [2.05, 4.69) is 62.0 Å². The highest BCUT2D eigenvalue weighted by atomic mass is 15.2. The van der Waals surface area contributed by atoms with E-state index in [0.29, 0.717) is 18.0 Å². The first kappa shape index (κ1) is 16.3. The molecule has 0 radical (unpaired) electrons. The van der Waals surface area contributed by atoms with Gasteiger partial charge in [0.1, 0.15) is 0 Å². The van der Waals surface area contributed by atoms with Crippen molar-refractivity contribution in [2.45, 2.75) is 39.2 Å². The van der Waals surface area contributed by atoms with Crippen molar-refractivity contribution in [2.24, 2.45) is 11.1 Å². The first-order valence-electron chi connectivity index (χ1n) is 8.14. The van der Waals surface area contributed by atoms with Crippen LogP contribution in [-0.2, 0) is 0 Å². The molecule has 1 aliphatic heterocycles. The molecule has 3 nitrogen and oxygen atoms in total. The topological polar surface area (TPSA) is 32.5 Å². The average Bonchev–Trinajstić information content (AvgIpc) is 2.62. The molecule has 1 heterocycles. The lowest BCUT2D eigenvalue weighted by molar-refractivity contribution is 0.200. The maximum absolute atomic E-state index is 6.10. The molecule has 2 N–H and O–H groups in total. The minimum atomic E-state index is 0.357. The monoisotopic (exact) mass is 289 g/mol. The van der Waals surface area contributed by atoms with E-state index in [-0.39, 0.29) is 0 Å². The molecule has 1 unspecified atom stereocenters. The van der Waals surface area contributed by atoms with Crippen LogP contribution in [0.2, 0.25) is 0 Å². The van der Waals surface area contributed by atoms with Crippen LogP contribution in [0.25, 0.3) is 0 Å². The second-order valence-corrected chi connectivity index (χ2v) is 7.29. The van der Waals surface area contributed by atoms with Crippen LogP contribution < -0.4 is 10.6 Å². The van der Waals surface area contributed by atoms with Crippen LogP contribution in [0.1, 0.15) is 44.7 Å². The Balaban J connectivity index is 2.11. The maximum Gasteiger partial charge on any atom is 0.0470 e. The molecule has 118 valence electrons. The molecule has 1 fully saturated rings. The molecule has 0 amide bonds. The van der Waals surface area contributed by atoms with Crippen LogP contribution >= 0.6 is 0 Å². The van der Waals surface area contributed by atoms with Gasteiger partial charge in [0.05, 0.1) is 0 Å². The lowest BCUT2D eigenvalue weighted by Crippen LogP contribution is -2.35. The summed E-state index contributed by atoms with van der Waals surface area (Å²) in [5.74, 6) is 0. The number of likely N-dealkylation sites (tertiary alicyclic amines) is 1. The quantitative estimate of drug-likeness (QED) is 0.923. The maximum atomic E-state index is 6.10. The van der Waals surface area contributed by atoms with Crippen LogP contribution in [0.3, 0.4) is 0 Å². The van der Waals surface area contributed by atoms with Gasteiger partial charge in [-0.3, -0.25) is 4.90 Å². The highest BCUT2D eigenvalue weighted by molar-refractivity contribution is 5.46. The third kappa shape index (κ3) is 4.21. The van der Waals surface area contributed by atoms with Gasteiger partial charge in [-0.1, -0.05) is 26.0 Å². The summed E-state index contributed by atoms with van der Waals surface area (Å²) in [7, 11) is 4.15. The van der Waals surface area contributed by atoms with E-state index in [1.807, 2.05) is 0 Å². The number of hydrogen-bond donors (Lipinski definition) is 1. The van der Waals surface area contributed by atoms with Crippen LogP contribution in [0.15, 0.2) is 24.3 Å². The average molecular weight is 289 g/mol. The Kier molecular flexibility index (Phi) is 5.28. The van der Waals surface area contributed by atoms with Crippen molar-refractivity contribution in [1.82, 2.24) is 4.90 Å². The van der Waals surface area contributed by atoms with Gasteiger partial charge in [0.2, 0.25) is 0 Å². The Morgan fingerprint density at radius 1 is 1.14 bits per heavy atom. The predicted octanol–water partition coefficient (Wildman–Crippen LogP) is 3.26. The first-order valence-corrected chi connectivity index (χ1v) is 8.14. The van der Waals surface area contributed by atoms with E-state index >= 15 is 0 Å². The van der Waals surface area contributed by atoms with E-state index in [1.165, 1.54) is 37.1 Å². The molecular formula is C18H31N3. The zero-order valence-corrected chi connectivity index (χ0v) is 14.1. The van der Waals surface area contributed by atoms with E-state index in [9.17, 15) is 0 Å². The second-order valence-electron chi connectivity index (χ2n) is 7.29. The van der Waals surface area contributed by atoms with Gasteiger partial charge in [-0.25, -0.2) is 0 Å². The van der Waals surface area contributed by atoms with E-state index in [1.54, 1.807) is 0 Å². The number of rotatable bonds is 4. The highest BCUT2D eigenvalue weighted by Gasteiger charge is 2.27. The standard InChI is InChI=1S/C18H31N3/c1-18(2)10-5-12-21(13-11-18)17(14-19)15-6-8-16(9-7-15)20(3)4/h6-9,17H,5,10-14,19H2,1-4H3. The van der Waals surface area contributed by atoms with Crippen molar-refractivity contribution in [3.8, 4) is 0 Å². The number of nitrogens with two attached hydrogens (primary N) is 1. The second kappa shape index (κ2) is 6.80. The molecule has 0 aliphatic carbocycles. The van der Waals surface area contributed by atoms with Crippen molar-refractivity contribution < 1.29 is 0 Å². The molecular weight excluding hydrogens is 258 g/mol. The summed E-state index contributed by atoms with van der Waals surface area (Å²) in [4.78, 5) is 4.72. The van der Waals surface area contributed by atoms with Crippen LogP contribution in [0.5, 0.6) is 0 Å². The fourth-order valence-electron chi connectivity index (χ4n) is 3.25. The van der Waals surface area contributed by atoms with Gasteiger partial charge in [0.25, 0.3) is 0 Å². The molecule has 21 heavy (non-hydrogen) atoms. The van der Waals surface area contributed by atoms with Gasteiger partial charge in [0, 0.05) is 32.4 Å². The van der Waals surface area contributed by atoms with Crippen molar-refractivity contribution in [1.29, 1.82) is 0 Å². The largest absolute Gasteiger partial charge is 0.378 e. The summed E-state index contributed by atoms with van der Waals surface area (Å²) in [5, 5.41) is 0. The molecule has 0 spiro atoms. The molecule has 2 rings (SSSR count). The zero-order chi connectivity index (χ0) is 15.5. The molecule has 0 bridgehead atoms. The van der Waals surface area contributed by atoms with Gasteiger partial charge >= 0.3 is 0 Å². The van der Waals surface area contributed by atoms with Crippen molar-refractivity contribution in [3.63, 3.8) is 0 Å². The Hall–Kier alpha value is -1.06. The summed E-state index contributed by atoms with van der Waals surface area (Å²) in [6.07, 6.45) is 3.86. The van der Waals surface area contributed by atoms with Gasteiger partial charge in [-0.05, 0) is 55.5 Å². The van der Waals surface area contributed by atoms with Gasteiger partial charge < -0.3 is 10.6 Å². The molecule has 1 saturated heterocycles. The highest BCUT2D eigenvalue weighted by Crippen LogP contribution is 2.33. The lowest BCUT2D eigenvalue weighted by Gasteiger charge is -2.31. The fraction of sp³-hybridized carbons (Fsp3) is 0.667. The van der Waals surface area contributed by atoms with Crippen molar-refractivity contribution in [3.05, 3.63) is 29.8 Å². The molecule has 0 aromatic heterocycles. The van der Waals surface area contributed by atoms with E-state index < -0.39 is 0 Å². The molecule has 0 saturated carbocycles. The summed E-state index contributed by atoms with van der Waals surface area (Å²) < 4.78 is 0. The third-order valence-electron chi connectivity index (χ3n) is 4.83. The number of benzene rings is 1. The Morgan fingerprint density at radius 3 is 2.38 bits per heavy atom. The lowest BCUT2D eigenvalue weighted by atomic mass is 9.85. The van der Waals surface area contributed by atoms with Crippen molar-refractivity contribution in [2.75, 3.05) is 38.6 Å². The van der Waals surface area contributed by atoms with E-state index in [0.717, 1.165) is 6.54 Å². The molecule has 1 aromatic carbocycles. The molecule has 1 atom stereocenters. The third-order valence-corrected chi connectivity index (χ3v) is 4.83. The SMILES string of the molecule is CN(C)c1ccc(C(CN)N2CCCC(C)(C)CC2)cc1. The summed E-state index contributed by atoms with van der Waals surface area (Å²) in [6, 6.07) is 9.22. The predicted molar refractivity (Wildman–Crippen MR) is 91.8 cm³/mol. The number of hydrogen-bond acceptors (Lipinski definition) is 3. The first-order chi connectivity index (χ1) is 9.93. The normalized spacial score (nSPS) is 20.8. The fourth-order valence-corrected chi connectivity index (χ4v) is 3.25. The minimum absolute atomic E-state index is 0.357. The van der Waals surface area contributed by atoms with Gasteiger partial charge in [-0.15, -0.1) is 0 Å². The summed E-state index contributed by atoms with van der Waals surface area (Å²) in [5.41, 5.74) is 9.17.